The zero-order valence-electron chi connectivity index (χ0n) is 10.7. The molecular formula is C13H18FN3O. The van der Waals surface area contributed by atoms with Gasteiger partial charge >= 0.3 is 6.03 Å². The largest absolute Gasteiger partial charge is 0.338 e. The lowest BCUT2D eigenvalue weighted by atomic mass is 10.0. The van der Waals surface area contributed by atoms with Crippen LogP contribution in [0.2, 0.25) is 0 Å². The van der Waals surface area contributed by atoms with E-state index in [4.69, 9.17) is 0 Å². The van der Waals surface area contributed by atoms with Crippen molar-refractivity contribution < 1.29 is 9.18 Å². The number of halogens is 1. The second kappa shape index (κ2) is 4.94. The Kier molecular flexibility index (Phi) is 3.52. The van der Waals surface area contributed by atoms with Crippen LogP contribution in [0.5, 0.6) is 0 Å². The summed E-state index contributed by atoms with van der Waals surface area (Å²) in [5, 5.41) is 4.41. The first-order valence-electron chi connectivity index (χ1n) is 6.26. The summed E-state index contributed by atoms with van der Waals surface area (Å²) in [5.74, 6) is -0.311. The fraction of sp³-hybridized carbons (Fsp3) is 0.462. The zero-order chi connectivity index (χ0) is 13.2. The van der Waals surface area contributed by atoms with E-state index in [1.54, 1.807) is 12.1 Å². The Hall–Kier alpha value is -1.62. The van der Waals surface area contributed by atoms with Crippen molar-refractivity contribution in [3.05, 3.63) is 30.1 Å². The number of anilines is 1. The van der Waals surface area contributed by atoms with E-state index in [2.05, 4.69) is 17.7 Å². The maximum absolute atomic E-state index is 12.9. The Morgan fingerprint density at radius 2 is 1.94 bits per heavy atom. The van der Waals surface area contributed by atoms with Crippen molar-refractivity contribution in [2.24, 2.45) is 0 Å². The SMILES string of the molecule is CCC[C@]1(CC)NC(=O)N(c2ccc(F)cc2)N1. The van der Waals surface area contributed by atoms with Crippen LogP contribution < -0.4 is 15.8 Å². The van der Waals surface area contributed by atoms with Crippen molar-refractivity contribution in [2.45, 2.75) is 38.8 Å². The second-order valence-corrected chi connectivity index (χ2v) is 4.54. The molecule has 1 heterocycles. The third kappa shape index (κ3) is 2.31. The summed E-state index contributed by atoms with van der Waals surface area (Å²) in [7, 11) is 0. The molecule has 0 aromatic heterocycles. The van der Waals surface area contributed by atoms with Crippen molar-refractivity contribution in [1.29, 1.82) is 0 Å². The molecule has 0 saturated carbocycles. The first-order valence-corrected chi connectivity index (χ1v) is 6.26. The predicted octanol–water partition coefficient (Wildman–Crippen LogP) is 2.77. The van der Waals surface area contributed by atoms with Gasteiger partial charge < -0.3 is 5.32 Å². The van der Waals surface area contributed by atoms with E-state index in [1.807, 2.05) is 6.92 Å². The van der Waals surface area contributed by atoms with Crippen molar-refractivity contribution in [2.75, 3.05) is 5.01 Å². The third-order valence-corrected chi connectivity index (χ3v) is 3.24. The average Bonchev–Trinajstić information content (AvgIpc) is 2.69. The summed E-state index contributed by atoms with van der Waals surface area (Å²) in [6.07, 6.45) is 2.62. The Morgan fingerprint density at radius 1 is 1.28 bits per heavy atom. The second-order valence-electron chi connectivity index (χ2n) is 4.54. The molecule has 1 aliphatic heterocycles. The lowest BCUT2D eigenvalue weighted by molar-refractivity contribution is 0.242. The van der Waals surface area contributed by atoms with Crippen molar-refractivity contribution in [1.82, 2.24) is 10.7 Å². The van der Waals surface area contributed by atoms with E-state index in [1.165, 1.54) is 17.1 Å². The number of amides is 2. The number of rotatable bonds is 4. The van der Waals surface area contributed by atoms with E-state index in [-0.39, 0.29) is 17.5 Å². The summed E-state index contributed by atoms with van der Waals surface area (Å²) in [4.78, 5) is 12.0. The van der Waals surface area contributed by atoms with Gasteiger partial charge in [-0.3, -0.25) is 0 Å². The fourth-order valence-electron chi connectivity index (χ4n) is 2.21. The van der Waals surface area contributed by atoms with Gasteiger partial charge in [0.2, 0.25) is 0 Å². The molecule has 2 rings (SSSR count). The molecule has 18 heavy (non-hydrogen) atoms. The average molecular weight is 251 g/mol. The van der Waals surface area contributed by atoms with Gasteiger partial charge in [0.05, 0.1) is 5.69 Å². The van der Waals surface area contributed by atoms with Crippen LogP contribution in [-0.4, -0.2) is 11.7 Å². The molecule has 4 nitrogen and oxygen atoms in total. The molecular weight excluding hydrogens is 233 g/mol. The third-order valence-electron chi connectivity index (χ3n) is 3.24. The van der Waals surface area contributed by atoms with E-state index < -0.39 is 0 Å². The van der Waals surface area contributed by atoms with E-state index in [0.717, 1.165) is 19.3 Å². The predicted molar refractivity (Wildman–Crippen MR) is 68.5 cm³/mol. The molecule has 2 N–H and O–H groups in total. The highest BCUT2D eigenvalue weighted by Crippen LogP contribution is 2.24. The zero-order valence-corrected chi connectivity index (χ0v) is 10.7. The summed E-state index contributed by atoms with van der Waals surface area (Å²) in [6, 6.07) is 5.66. The van der Waals surface area contributed by atoms with Crippen molar-refractivity contribution in [3.8, 4) is 0 Å². The number of carbonyl (C=O) groups excluding carboxylic acids is 1. The molecule has 0 radical (unpaired) electrons. The van der Waals surface area contributed by atoms with Gasteiger partial charge in [-0.2, -0.15) is 0 Å². The smallest absolute Gasteiger partial charge is 0.317 e. The fourth-order valence-corrected chi connectivity index (χ4v) is 2.21. The van der Waals surface area contributed by atoms with Crippen molar-refractivity contribution >= 4 is 11.7 Å². The van der Waals surface area contributed by atoms with E-state index >= 15 is 0 Å². The van der Waals surface area contributed by atoms with Gasteiger partial charge in [0, 0.05) is 0 Å². The maximum Gasteiger partial charge on any atom is 0.338 e. The monoisotopic (exact) mass is 251 g/mol. The molecule has 98 valence electrons. The molecule has 1 aliphatic rings. The van der Waals surface area contributed by atoms with Crippen LogP contribution in [0.4, 0.5) is 14.9 Å². The number of hydrogen-bond acceptors (Lipinski definition) is 2. The molecule has 0 bridgehead atoms. The highest BCUT2D eigenvalue weighted by molar-refractivity contribution is 5.93. The van der Waals surface area contributed by atoms with Gasteiger partial charge in [0.1, 0.15) is 11.5 Å². The first kappa shape index (κ1) is 12.8. The van der Waals surface area contributed by atoms with Crippen LogP contribution in [0.25, 0.3) is 0 Å². The van der Waals surface area contributed by atoms with Gasteiger partial charge in [-0.25, -0.2) is 19.6 Å². The van der Waals surface area contributed by atoms with Gasteiger partial charge in [0.25, 0.3) is 0 Å². The summed E-state index contributed by atoms with van der Waals surface area (Å²) in [5.41, 5.74) is 3.44. The number of urea groups is 1. The molecule has 0 unspecified atom stereocenters. The standard InChI is InChI=1S/C13H18FN3O/c1-3-9-13(4-2)15-12(18)17(16-13)11-7-5-10(14)6-8-11/h5-8,16H,3-4,9H2,1-2H3,(H,15,18)/t13-/m1/s1. The minimum Gasteiger partial charge on any atom is -0.317 e. The number of benzene rings is 1. The molecule has 1 saturated heterocycles. The van der Waals surface area contributed by atoms with E-state index in [0.29, 0.717) is 5.69 Å². The summed E-state index contributed by atoms with van der Waals surface area (Å²) < 4.78 is 12.9. The van der Waals surface area contributed by atoms with Gasteiger partial charge in [-0.05, 0) is 37.1 Å². The van der Waals surface area contributed by atoms with E-state index in [9.17, 15) is 9.18 Å². The number of hydrazine groups is 1. The van der Waals surface area contributed by atoms with Crippen LogP contribution in [0.15, 0.2) is 24.3 Å². The van der Waals surface area contributed by atoms with Crippen LogP contribution >= 0.6 is 0 Å². The number of carbonyl (C=O) groups is 1. The summed E-state index contributed by atoms with van der Waals surface area (Å²) >= 11 is 0. The number of hydrogen-bond donors (Lipinski definition) is 2. The van der Waals surface area contributed by atoms with Gasteiger partial charge in [-0.15, -0.1) is 0 Å². The molecule has 2 amide bonds. The van der Waals surface area contributed by atoms with Gasteiger partial charge in [-0.1, -0.05) is 20.3 Å². The lowest BCUT2D eigenvalue weighted by Gasteiger charge is -2.27. The minimum absolute atomic E-state index is 0.197. The molecule has 1 aromatic carbocycles. The van der Waals surface area contributed by atoms with Crippen LogP contribution in [0, 0.1) is 5.82 Å². The van der Waals surface area contributed by atoms with Crippen LogP contribution in [-0.2, 0) is 0 Å². The Balaban J connectivity index is 2.21. The Labute approximate surface area is 106 Å². The maximum atomic E-state index is 12.9. The van der Waals surface area contributed by atoms with Gasteiger partial charge in [0.15, 0.2) is 0 Å². The summed E-state index contributed by atoms with van der Waals surface area (Å²) in [6.45, 7) is 4.10. The Bertz CT molecular complexity index is 434. The quantitative estimate of drug-likeness (QED) is 0.864. The van der Waals surface area contributed by atoms with Crippen molar-refractivity contribution in [3.63, 3.8) is 0 Å². The molecule has 5 heteroatoms. The number of nitrogens with one attached hydrogen (secondary N) is 2. The minimum atomic E-state index is -0.389. The topological polar surface area (TPSA) is 44.4 Å². The first-order chi connectivity index (χ1) is 8.60. The molecule has 0 spiro atoms. The molecule has 1 fully saturated rings. The van der Waals surface area contributed by atoms with Crippen LogP contribution in [0.3, 0.4) is 0 Å². The number of nitrogens with zero attached hydrogens (tertiary/aromatic N) is 1. The Morgan fingerprint density at radius 3 is 2.50 bits per heavy atom. The highest BCUT2D eigenvalue weighted by Gasteiger charge is 2.40. The highest BCUT2D eigenvalue weighted by atomic mass is 19.1. The normalized spacial score (nSPS) is 23.3. The molecule has 1 aromatic rings. The lowest BCUT2D eigenvalue weighted by Crippen LogP contribution is -2.50. The molecule has 0 aliphatic carbocycles. The van der Waals surface area contributed by atoms with Crippen LogP contribution in [0.1, 0.15) is 33.1 Å². The molecule has 1 atom stereocenters.